The fourth-order valence-electron chi connectivity index (χ4n) is 3.10. The van der Waals surface area contributed by atoms with Crippen molar-refractivity contribution < 1.29 is 84.1 Å². The third kappa shape index (κ3) is 4.06. The maximum absolute atomic E-state index is 14.5. The molecule has 0 spiro atoms. The van der Waals surface area contributed by atoms with Crippen LogP contribution >= 0.6 is 0 Å². The number of ether oxygens (including phenoxy) is 2. The van der Waals surface area contributed by atoms with E-state index in [1.165, 1.54) is 0 Å². The van der Waals surface area contributed by atoms with Crippen molar-refractivity contribution in [2.45, 2.75) is 67.5 Å². The fraction of sp³-hybridized carbons (Fsp3) is 1.00. The molecule has 1 aliphatic heterocycles. The van der Waals surface area contributed by atoms with Gasteiger partial charge in [-0.25, -0.2) is 8.78 Å². The summed E-state index contributed by atoms with van der Waals surface area (Å²) in [4.78, 5) is 0. The van der Waals surface area contributed by atoms with Gasteiger partial charge in [0.1, 0.15) is 6.10 Å². The first-order valence-electron chi connectivity index (χ1n) is 7.77. The van der Waals surface area contributed by atoms with Crippen molar-refractivity contribution in [3.05, 3.63) is 0 Å². The molecule has 0 aliphatic carbocycles. The largest absolute Gasteiger partial charge is 0.437 e. The standard InChI is InChI=1S/C13H9F17O2/c1-2-31-6(9(18,12(25,26)27)13(28,29)30)3-4(8(15,16)17)5(32-6)7(14,10(19,20)21)11(22,23)24/h4-5H,2-3H2,1H3. The first kappa shape index (κ1) is 28.8. The molecule has 19 heteroatoms. The lowest BCUT2D eigenvalue weighted by Crippen LogP contribution is -2.70. The molecule has 0 N–H and O–H groups in total. The van der Waals surface area contributed by atoms with Gasteiger partial charge in [0.05, 0.1) is 5.92 Å². The molecular formula is C13H9F17O2. The minimum absolute atomic E-state index is 0.407. The number of rotatable bonds is 4. The van der Waals surface area contributed by atoms with Crippen LogP contribution in [-0.4, -0.2) is 60.7 Å². The van der Waals surface area contributed by atoms with Gasteiger partial charge in [-0.1, -0.05) is 0 Å². The molecule has 2 nitrogen and oxygen atoms in total. The Labute approximate surface area is 165 Å². The molecule has 0 radical (unpaired) electrons. The first-order chi connectivity index (χ1) is 13.7. The van der Waals surface area contributed by atoms with Gasteiger partial charge in [-0.15, -0.1) is 0 Å². The molecule has 1 saturated heterocycles. The van der Waals surface area contributed by atoms with Crippen molar-refractivity contribution in [1.82, 2.24) is 0 Å². The Morgan fingerprint density at radius 2 is 1.06 bits per heavy atom. The summed E-state index contributed by atoms with van der Waals surface area (Å²) in [6.45, 7) is -1.23. The number of hydrogen-bond donors (Lipinski definition) is 0. The van der Waals surface area contributed by atoms with E-state index >= 15 is 0 Å². The zero-order valence-corrected chi connectivity index (χ0v) is 14.8. The highest BCUT2D eigenvalue weighted by Crippen LogP contribution is 2.64. The van der Waals surface area contributed by atoms with Crippen LogP contribution in [0.25, 0.3) is 0 Å². The van der Waals surface area contributed by atoms with E-state index in [2.05, 4.69) is 9.47 Å². The first-order valence-corrected chi connectivity index (χ1v) is 7.77. The molecule has 3 unspecified atom stereocenters. The van der Waals surface area contributed by atoms with E-state index in [4.69, 9.17) is 0 Å². The summed E-state index contributed by atoms with van der Waals surface area (Å²) in [5.41, 5.74) is -14.3. The van der Waals surface area contributed by atoms with E-state index in [-0.39, 0.29) is 0 Å². The van der Waals surface area contributed by atoms with Crippen LogP contribution in [0.1, 0.15) is 13.3 Å². The van der Waals surface area contributed by atoms with Crippen molar-refractivity contribution in [3.8, 4) is 0 Å². The minimum atomic E-state index is -7.41. The normalized spacial score (nSPS) is 27.2. The van der Waals surface area contributed by atoms with E-state index < -0.39 is 73.1 Å². The summed E-state index contributed by atoms with van der Waals surface area (Å²) < 4.78 is 231. The quantitative estimate of drug-likeness (QED) is 0.403. The van der Waals surface area contributed by atoms with E-state index in [0.29, 0.717) is 6.92 Å². The number of hydrogen-bond acceptors (Lipinski definition) is 2. The molecule has 32 heavy (non-hydrogen) atoms. The van der Waals surface area contributed by atoms with Gasteiger partial charge < -0.3 is 9.47 Å². The van der Waals surface area contributed by atoms with Gasteiger partial charge >= 0.3 is 42.2 Å². The molecule has 1 heterocycles. The van der Waals surface area contributed by atoms with Crippen LogP contribution in [-0.2, 0) is 9.47 Å². The Morgan fingerprint density at radius 1 is 0.688 bits per heavy atom. The van der Waals surface area contributed by atoms with Crippen LogP contribution in [0, 0.1) is 5.92 Å². The maximum Gasteiger partial charge on any atom is 0.437 e. The highest BCUT2D eigenvalue weighted by atomic mass is 19.4. The summed E-state index contributed by atoms with van der Waals surface area (Å²) in [5, 5.41) is 0. The van der Waals surface area contributed by atoms with Crippen molar-refractivity contribution in [2.24, 2.45) is 5.92 Å². The second-order valence-corrected chi connectivity index (χ2v) is 6.44. The van der Waals surface area contributed by atoms with E-state index in [9.17, 15) is 74.6 Å². The summed E-state index contributed by atoms with van der Waals surface area (Å²) in [7, 11) is 0. The Balaban J connectivity index is 4.01. The summed E-state index contributed by atoms with van der Waals surface area (Å²) in [5.74, 6) is -10.2. The molecule has 0 saturated carbocycles. The SMILES string of the molecule is CCOC1(C(F)(C(F)(F)F)C(F)(F)F)CC(C(F)(F)F)C(C(F)(C(F)(F)F)C(F)(F)F)O1. The molecule has 0 aromatic rings. The van der Waals surface area contributed by atoms with Gasteiger partial charge in [-0.2, -0.15) is 65.9 Å². The number of halogens is 17. The van der Waals surface area contributed by atoms with E-state index in [0.717, 1.165) is 0 Å². The lowest BCUT2D eigenvalue weighted by Gasteiger charge is -2.44. The maximum atomic E-state index is 14.5. The van der Waals surface area contributed by atoms with Crippen LogP contribution in [0.3, 0.4) is 0 Å². The van der Waals surface area contributed by atoms with Crippen molar-refractivity contribution in [2.75, 3.05) is 6.61 Å². The summed E-state index contributed by atoms with van der Waals surface area (Å²) in [6.07, 6.45) is -44.5. The summed E-state index contributed by atoms with van der Waals surface area (Å²) in [6, 6.07) is 0. The molecule has 1 aliphatic rings. The monoisotopic (exact) mass is 520 g/mol. The molecule has 0 aromatic carbocycles. The molecule has 3 atom stereocenters. The van der Waals surface area contributed by atoms with Crippen molar-refractivity contribution in [3.63, 3.8) is 0 Å². The highest BCUT2D eigenvalue weighted by Gasteiger charge is 2.90. The molecule has 192 valence electrons. The third-order valence-corrected chi connectivity index (χ3v) is 4.49. The van der Waals surface area contributed by atoms with E-state index in [1.807, 2.05) is 0 Å². The molecule has 0 aromatic heterocycles. The van der Waals surface area contributed by atoms with Crippen LogP contribution in [0.4, 0.5) is 74.6 Å². The van der Waals surface area contributed by atoms with Gasteiger partial charge in [0, 0.05) is 13.0 Å². The Bertz CT molecular complexity index is 640. The Morgan fingerprint density at radius 3 is 1.31 bits per heavy atom. The van der Waals surface area contributed by atoms with E-state index in [1.54, 1.807) is 0 Å². The zero-order valence-electron chi connectivity index (χ0n) is 14.8. The molecule has 1 rings (SSSR count). The van der Waals surface area contributed by atoms with Crippen LogP contribution < -0.4 is 0 Å². The molecule has 1 fully saturated rings. The van der Waals surface area contributed by atoms with Crippen LogP contribution in [0.2, 0.25) is 0 Å². The lowest BCUT2D eigenvalue weighted by atomic mass is 9.82. The third-order valence-electron chi connectivity index (χ3n) is 4.49. The second-order valence-electron chi connectivity index (χ2n) is 6.44. The predicted octanol–water partition coefficient (Wildman–Crippen LogP) is 6.35. The van der Waals surface area contributed by atoms with Gasteiger partial charge in [-0.3, -0.25) is 0 Å². The van der Waals surface area contributed by atoms with Gasteiger partial charge in [0.2, 0.25) is 5.79 Å². The average Bonchev–Trinajstić information content (AvgIpc) is 2.90. The minimum Gasteiger partial charge on any atom is -0.347 e. The summed E-state index contributed by atoms with van der Waals surface area (Å²) >= 11 is 0. The number of alkyl halides is 17. The topological polar surface area (TPSA) is 18.5 Å². The molecule has 0 amide bonds. The Hall–Kier alpha value is -1.27. The zero-order chi connectivity index (χ0) is 26.0. The van der Waals surface area contributed by atoms with Gasteiger partial charge in [0.25, 0.3) is 0 Å². The predicted molar refractivity (Wildman–Crippen MR) is 65.3 cm³/mol. The van der Waals surface area contributed by atoms with Crippen LogP contribution in [0.15, 0.2) is 0 Å². The second kappa shape index (κ2) is 7.63. The highest BCUT2D eigenvalue weighted by molar-refractivity contribution is 5.16. The van der Waals surface area contributed by atoms with Gasteiger partial charge in [-0.05, 0) is 6.92 Å². The Kier molecular flexibility index (Phi) is 6.85. The van der Waals surface area contributed by atoms with Crippen molar-refractivity contribution in [1.29, 1.82) is 0 Å². The van der Waals surface area contributed by atoms with Gasteiger partial charge in [0.15, 0.2) is 0 Å². The van der Waals surface area contributed by atoms with Crippen molar-refractivity contribution >= 4 is 0 Å². The smallest absolute Gasteiger partial charge is 0.347 e. The average molecular weight is 520 g/mol. The molecule has 0 bridgehead atoms. The fourth-order valence-corrected chi connectivity index (χ4v) is 3.10. The van der Waals surface area contributed by atoms with Crippen LogP contribution in [0.5, 0.6) is 0 Å². The lowest BCUT2D eigenvalue weighted by molar-refractivity contribution is -0.448. The molecular weight excluding hydrogens is 511 g/mol.